The highest BCUT2D eigenvalue weighted by Crippen LogP contribution is 2.16. The third kappa shape index (κ3) is 1.29. The molecule has 0 saturated heterocycles. The standard InChI is InChI=1S/C7H6F2S/c1-4-2-6(9)7(10)3-5(4)8/h2-3,10H,1H3. The quantitative estimate of drug-likeness (QED) is 0.554. The van der Waals surface area contributed by atoms with E-state index in [9.17, 15) is 8.78 Å². The van der Waals surface area contributed by atoms with Gasteiger partial charge in [0.2, 0.25) is 0 Å². The molecule has 0 atom stereocenters. The van der Waals surface area contributed by atoms with Crippen LogP contribution in [-0.2, 0) is 0 Å². The van der Waals surface area contributed by atoms with Crippen LogP contribution in [0.15, 0.2) is 17.0 Å². The zero-order valence-corrected chi connectivity index (χ0v) is 6.25. The molecular formula is C7H6F2S. The van der Waals surface area contributed by atoms with Crippen LogP contribution >= 0.6 is 12.6 Å². The lowest BCUT2D eigenvalue weighted by molar-refractivity contribution is 0.571. The number of thiol groups is 1. The fourth-order valence-electron chi connectivity index (χ4n) is 0.636. The predicted molar refractivity (Wildman–Crippen MR) is 38.3 cm³/mol. The molecular weight excluding hydrogens is 154 g/mol. The van der Waals surface area contributed by atoms with Crippen LogP contribution in [0.25, 0.3) is 0 Å². The molecule has 1 aromatic carbocycles. The van der Waals surface area contributed by atoms with Gasteiger partial charge in [0.15, 0.2) is 0 Å². The van der Waals surface area contributed by atoms with E-state index in [1.54, 1.807) is 0 Å². The summed E-state index contributed by atoms with van der Waals surface area (Å²) in [6.45, 7) is 1.51. The summed E-state index contributed by atoms with van der Waals surface area (Å²) in [5.41, 5.74) is 0.301. The molecule has 0 saturated carbocycles. The molecule has 0 spiro atoms. The summed E-state index contributed by atoms with van der Waals surface area (Å²) in [5, 5.41) is 0. The van der Waals surface area contributed by atoms with E-state index in [-0.39, 0.29) is 4.90 Å². The number of rotatable bonds is 0. The van der Waals surface area contributed by atoms with Crippen LogP contribution in [0, 0.1) is 18.6 Å². The van der Waals surface area contributed by atoms with Gasteiger partial charge in [-0.3, -0.25) is 0 Å². The van der Waals surface area contributed by atoms with Crippen molar-refractivity contribution in [3.63, 3.8) is 0 Å². The molecule has 10 heavy (non-hydrogen) atoms. The minimum absolute atomic E-state index is 0.0445. The van der Waals surface area contributed by atoms with E-state index in [0.29, 0.717) is 5.56 Å². The number of hydrogen-bond donors (Lipinski definition) is 1. The van der Waals surface area contributed by atoms with Gasteiger partial charge < -0.3 is 0 Å². The Bertz CT molecular complexity index is 208. The van der Waals surface area contributed by atoms with Crippen molar-refractivity contribution in [2.45, 2.75) is 11.8 Å². The maximum atomic E-state index is 12.5. The average Bonchev–Trinajstić information content (AvgIpc) is 1.84. The van der Waals surface area contributed by atoms with Crippen molar-refractivity contribution in [3.05, 3.63) is 29.3 Å². The van der Waals surface area contributed by atoms with Gasteiger partial charge in [-0.25, -0.2) is 8.78 Å². The van der Waals surface area contributed by atoms with Crippen LogP contribution < -0.4 is 0 Å². The van der Waals surface area contributed by atoms with Gasteiger partial charge in [-0.15, -0.1) is 12.6 Å². The number of halogens is 2. The molecule has 0 heterocycles. The Labute approximate surface area is 63.3 Å². The second kappa shape index (κ2) is 2.58. The van der Waals surface area contributed by atoms with E-state index in [0.717, 1.165) is 12.1 Å². The lowest BCUT2D eigenvalue weighted by Gasteiger charge is -1.97. The van der Waals surface area contributed by atoms with Crippen molar-refractivity contribution in [3.8, 4) is 0 Å². The first kappa shape index (κ1) is 7.54. The minimum atomic E-state index is -0.484. The summed E-state index contributed by atoms with van der Waals surface area (Å²) in [6, 6.07) is 2.19. The molecule has 0 unspecified atom stereocenters. The normalized spacial score (nSPS) is 10.0. The van der Waals surface area contributed by atoms with Gasteiger partial charge in [0.05, 0.1) is 0 Å². The fourth-order valence-corrected chi connectivity index (χ4v) is 0.814. The smallest absolute Gasteiger partial charge is 0.136 e. The Morgan fingerprint density at radius 2 is 1.80 bits per heavy atom. The molecule has 0 radical (unpaired) electrons. The first-order chi connectivity index (χ1) is 4.61. The molecule has 0 aliphatic rings. The highest BCUT2D eigenvalue weighted by atomic mass is 32.1. The Balaban J connectivity index is 3.28. The third-order valence-corrected chi connectivity index (χ3v) is 1.57. The molecule has 0 amide bonds. The van der Waals surface area contributed by atoms with E-state index >= 15 is 0 Å². The van der Waals surface area contributed by atoms with Gasteiger partial charge in [-0.05, 0) is 24.6 Å². The van der Waals surface area contributed by atoms with Crippen LogP contribution in [0.3, 0.4) is 0 Å². The Morgan fingerprint density at radius 1 is 1.20 bits per heavy atom. The van der Waals surface area contributed by atoms with Crippen LogP contribution in [-0.4, -0.2) is 0 Å². The Kier molecular flexibility index (Phi) is 1.94. The molecule has 0 fully saturated rings. The van der Waals surface area contributed by atoms with E-state index in [1.165, 1.54) is 6.92 Å². The van der Waals surface area contributed by atoms with Crippen molar-refractivity contribution >= 4 is 12.6 Å². The second-order valence-corrected chi connectivity index (χ2v) is 2.53. The van der Waals surface area contributed by atoms with Gasteiger partial charge in [-0.2, -0.15) is 0 Å². The number of hydrogen-bond acceptors (Lipinski definition) is 1. The highest BCUT2D eigenvalue weighted by Gasteiger charge is 2.02. The molecule has 0 aliphatic carbocycles. The summed E-state index contributed by atoms with van der Waals surface area (Å²) in [6.07, 6.45) is 0. The molecule has 0 aliphatic heterocycles. The highest BCUT2D eigenvalue weighted by molar-refractivity contribution is 7.80. The van der Waals surface area contributed by atoms with Crippen LogP contribution in [0.5, 0.6) is 0 Å². The largest absolute Gasteiger partial charge is 0.207 e. The maximum absolute atomic E-state index is 12.5. The van der Waals surface area contributed by atoms with E-state index in [2.05, 4.69) is 12.6 Å². The predicted octanol–water partition coefficient (Wildman–Crippen LogP) is 2.56. The fraction of sp³-hybridized carbons (Fsp3) is 0.143. The summed E-state index contributed by atoms with van der Waals surface area (Å²) in [5.74, 6) is -0.909. The lowest BCUT2D eigenvalue weighted by Crippen LogP contribution is -1.85. The van der Waals surface area contributed by atoms with Gasteiger partial charge in [0.25, 0.3) is 0 Å². The van der Waals surface area contributed by atoms with Crippen molar-refractivity contribution in [1.82, 2.24) is 0 Å². The van der Waals surface area contributed by atoms with Crippen LogP contribution in [0.1, 0.15) is 5.56 Å². The van der Waals surface area contributed by atoms with Gasteiger partial charge in [-0.1, -0.05) is 0 Å². The summed E-state index contributed by atoms with van der Waals surface area (Å²) in [4.78, 5) is 0.0445. The second-order valence-electron chi connectivity index (χ2n) is 2.05. The molecule has 54 valence electrons. The molecule has 0 bridgehead atoms. The monoisotopic (exact) mass is 160 g/mol. The molecule has 3 heteroatoms. The number of benzene rings is 1. The average molecular weight is 160 g/mol. The zero-order chi connectivity index (χ0) is 7.72. The first-order valence-electron chi connectivity index (χ1n) is 2.76. The van der Waals surface area contributed by atoms with E-state index in [4.69, 9.17) is 0 Å². The van der Waals surface area contributed by atoms with Crippen LogP contribution in [0.2, 0.25) is 0 Å². The Hall–Kier alpha value is -0.570. The van der Waals surface area contributed by atoms with Gasteiger partial charge in [0, 0.05) is 4.90 Å². The summed E-state index contributed by atoms with van der Waals surface area (Å²) >= 11 is 3.70. The molecule has 1 aromatic rings. The van der Waals surface area contributed by atoms with Gasteiger partial charge in [0.1, 0.15) is 11.6 Å². The van der Waals surface area contributed by atoms with Gasteiger partial charge >= 0.3 is 0 Å². The van der Waals surface area contributed by atoms with Crippen molar-refractivity contribution in [2.24, 2.45) is 0 Å². The third-order valence-electron chi connectivity index (χ3n) is 1.23. The summed E-state index contributed by atoms with van der Waals surface area (Å²) < 4.78 is 25.1. The SMILES string of the molecule is Cc1cc(F)c(S)cc1F. The zero-order valence-electron chi connectivity index (χ0n) is 5.36. The van der Waals surface area contributed by atoms with E-state index in [1.807, 2.05) is 0 Å². The van der Waals surface area contributed by atoms with Crippen LogP contribution in [0.4, 0.5) is 8.78 Å². The minimum Gasteiger partial charge on any atom is -0.207 e. The van der Waals surface area contributed by atoms with Crippen molar-refractivity contribution in [2.75, 3.05) is 0 Å². The Morgan fingerprint density at radius 3 is 2.30 bits per heavy atom. The maximum Gasteiger partial charge on any atom is 0.136 e. The topological polar surface area (TPSA) is 0 Å². The van der Waals surface area contributed by atoms with E-state index < -0.39 is 11.6 Å². The lowest BCUT2D eigenvalue weighted by atomic mass is 10.2. The van der Waals surface area contributed by atoms with Crippen molar-refractivity contribution in [1.29, 1.82) is 0 Å². The summed E-state index contributed by atoms with van der Waals surface area (Å²) in [7, 11) is 0. The number of aryl methyl sites for hydroxylation is 1. The molecule has 0 N–H and O–H groups in total. The van der Waals surface area contributed by atoms with Crippen molar-refractivity contribution < 1.29 is 8.78 Å². The first-order valence-corrected chi connectivity index (χ1v) is 3.20. The molecule has 0 nitrogen and oxygen atoms in total. The molecule has 0 aromatic heterocycles. The molecule has 1 rings (SSSR count).